The average Bonchev–Trinajstić information content (AvgIpc) is 2.61. The SMILES string of the molecule is COc1cc(OC)c(Br)c(C(=Cc2ccc(O)c(OC)c2)C(=O)O)c1. The Morgan fingerprint density at radius 3 is 2.28 bits per heavy atom. The van der Waals surface area contributed by atoms with Gasteiger partial charge in [-0.2, -0.15) is 0 Å². The third-order valence-electron chi connectivity index (χ3n) is 3.50. The van der Waals surface area contributed by atoms with Gasteiger partial charge in [0.05, 0.1) is 31.4 Å². The molecule has 2 N–H and O–H groups in total. The molecule has 25 heavy (non-hydrogen) atoms. The molecule has 0 atom stereocenters. The molecular formula is C18H17BrO6. The third kappa shape index (κ3) is 4.06. The second-order valence-corrected chi connectivity index (χ2v) is 5.78. The largest absolute Gasteiger partial charge is 0.504 e. The van der Waals surface area contributed by atoms with Crippen LogP contribution in [0.15, 0.2) is 34.8 Å². The van der Waals surface area contributed by atoms with Crippen LogP contribution >= 0.6 is 15.9 Å². The van der Waals surface area contributed by atoms with E-state index >= 15 is 0 Å². The van der Waals surface area contributed by atoms with Crippen molar-refractivity contribution < 1.29 is 29.2 Å². The smallest absolute Gasteiger partial charge is 0.336 e. The van der Waals surface area contributed by atoms with E-state index in [1.165, 1.54) is 33.5 Å². The number of ether oxygens (including phenoxy) is 3. The lowest BCUT2D eigenvalue weighted by Crippen LogP contribution is -2.02. The second-order valence-electron chi connectivity index (χ2n) is 4.99. The van der Waals surface area contributed by atoms with Crippen LogP contribution in [0.5, 0.6) is 23.0 Å². The van der Waals surface area contributed by atoms with Crippen LogP contribution in [-0.4, -0.2) is 37.5 Å². The number of phenolic OH excluding ortho intramolecular Hbond substituents is 1. The molecule has 2 rings (SSSR count). The van der Waals surface area contributed by atoms with Gasteiger partial charge in [0.1, 0.15) is 11.5 Å². The topological polar surface area (TPSA) is 85.2 Å². The molecule has 2 aromatic rings. The Kier molecular flexibility index (Phi) is 5.93. The Balaban J connectivity index is 2.65. The Morgan fingerprint density at radius 2 is 1.72 bits per heavy atom. The number of halogens is 1. The molecule has 0 saturated carbocycles. The van der Waals surface area contributed by atoms with Crippen molar-refractivity contribution in [2.75, 3.05) is 21.3 Å². The molecule has 0 aliphatic heterocycles. The summed E-state index contributed by atoms with van der Waals surface area (Å²) in [6.45, 7) is 0. The summed E-state index contributed by atoms with van der Waals surface area (Å²) < 4.78 is 16.0. The summed E-state index contributed by atoms with van der Waals surface area (Å²) in [7, 11) is 4.39. The standard InChI is InChI=1S/C18H17BrO6/c1-23-11-8-12(17(19)16(9-11)25-3)13(18(21)22)6-10-4-5-14(20)15(7-10)24-2/h4-9,20H,1-3H3,(H,21,22). The molecule has 0 aliphatic rings. The number of rotatable bonds is 6. The van der Waals surface area contributed by atoms with Crippen LogP contribution in [0.4, 0.5) is 0 Å². The van der Waals surface area contributed by atoms with E-state index in [-0.39, 0.29) is 17.1 Å². The fraction of sp³-hybridized carbons (Fsp3) is 0.167. The Bertz CT molecular complexity index is 829. The van der Waals surface area contributed by atoms with Crippen molar-refractivity contribution in [1.82, 2.24) is 0 Å². The van der Waals surface area contributed by atoms with E-state index < -0.39 is 5.97 Å². The maximum Gasteiger partial charge on any atom is 0.336 e. The summed E-state index contributed by atoms with van der Waals surface area (Å²) in [6, 6.07) is 7.82. The molecule has 0 radical (unpaired) electrons. The molecule has 0 fully saturated rings. The number of carboxylic acid groups (broad SMARTS) is 1. The van der Waals surface area contributed by atoms with Crippen molar-refractivity contribution in [3.8, 4) is 23.0 Å². The lowest BCUT2D eigenvalue weighted by molar-refractivity contribution is -0.130. The predicted molar refractivity (Wildman–Crippen MR) is 97.4 cm³/mol. The summed E-state index contributed by atoms with van der Waals surface area (Å²) in [5.74, 6) is 0.0138. The fourth-order valence-electron chi connectivity index (χ4n) is 2.24. The zero-order valence-electron chi connectivity index (χ0n) is 13.9. The van der Waals surface area contributed by atoms with Crippen molar-refractivity contribution in [1.29, 1.82) is 0 Å². The zero-order valence-corrected chi connectivity index (χ0v) is 15.5. The van der Waals surface area contributed by atoms with E-state index in [0.29, 0.717) is 27.1 Å². The molecule has 6 nitrogen and oxygen atoms in total. The number of aromatic hydroxyl groups is 1. The van der Waals surface area contributed by atoms with Crippen LogP contribution in [0.2, 0.25) is 0 Å². The average molecular weight is 409 g/mol. The fourth-order valence-corrected chi connectivity index (χ4v) is 2.84. The van der Waals surface area contributed by atoms with Crippen LogP contribution in [0.1, 0.15) is 11.1 Å². The minimum atomic E-state index is -1.12. The quantitative estimate of drug-likeness (QED) is 0.558. The lowest BCUT2D eigenvalue weighted by atomic mass is 10.0. The summed E-state index contributed by atoms with van der Waals surface area (Å²) in [6.07, 6.45) is 1.48. The number of phenols is 1. The first-order chi connectivity index (χ1) is 11.9. The van der Waals surface area contributed by atoms with Gasteiger partial charge < -0.3 is 24.4 Å². The first-order valence-electron chi connectivity index (χ1n) is 7.15. The van der Waals surface area contributed by atoms with Crippen LogP contribution in [-0.2, 0) is 4.79 Å². The van der Waals surface area contributed by atoms with E-state index in [9.17, 15) is 15.0 Å². The molecule has 2 aromatic carbocycles. The van der Waals surface area contributed by atoms with E-state index in [2.05, 4.69) is 15.9 Å². The highest BCUT2D eigenvalue weighted by Crippen LogP contribution is 2.38. The van der Waals surface area contributed by atoms with Gasteiger partial charge in [-0.05, 0) is 45.8 Å². The molecule has 0 spiro atoms. The predicted octanol–water partition coefficient (Wildman–Crippen LogP) is 3.81. The molecule has 0 aliphatic carbocycles. The van der Waals surface area contributed by atoms with Crippen LogP contribution in [0.3, 0.4) is 0 Å². The van der Waals surface area contributed by atoms with Gasteiger partial charge in [-0.15, -0.1) is 0 Å². The number of carbonyl (C=O) groups is 1. The summed E-state index contributed by atoms with van der Waals surface area (Å²) in [5.41, 5.74) is 0.980. The van der Waals surface area contributed by atoms with Crippen molar-refractivity contribution >= 4 is 33.5 Å². The highest BCUT2D eigenvalue weighted by atomic mass is 79.9. The molecule has 0 unspecified atom stereocenters. The van der Waals surface area contributed by atoms with Gasteiger partial charge in [0.25, 0.3) is 0 Å². The number of benzene rings is 2. The zero-order chi connectivity index (χ0) is 18.6. The number of hydrogen-bond donors (Lipinski definition) is 2. The van der Waals surface area contributed by atoms with Gasteiger partial charge in [0, 0.05) is 11.6 Å². The molecule has 0 amide bonds. The maximum absolute atomic E-state index is 11.8. The number of aliphatic carboxylic acids is 1. The van der Waals surface area contributed by atoms with Crippen molar-refractivity contribution in [3.63, 3.8) is 0 Å². The first-order valence-corrected chi connectivity index (χ1v) is 7.94. The van der Waals surface area contributed by atoms with E-state index in [1.807, 2.05) is 0 Å². The first kappa shape index (κ1) is 18.7. The minimum Gasteiger partial charge on any atom is -0.504 e. The van der Waals surface area contributed by atoms with Gasteiger partial charge >= 0.3 is 5.97 Å². The summed E-state index contributed by atoms with van der Waals surface area (Å²) in [4.78, 5) is 11.8. The second kappa shape index (κ2) is 7.94. The van der Waals surface area contributed by atoms with E-state index in [0.717, 1.165) is 0 Å². The van der Waals surface area contributed by atoms with Gasteiger partial charge in [-0.1, -0.05) is 6.07 Å². The minimum absolute atomic E-state index is 0.0248. The van der Waals surface area contributed by atoms with Gasteiger partial charge in [-0.25, -0.2) is 4.79 Å². The normalized spacial score (nSPS) is 11.1. The molecule has 0 aromatic heterocycles. The van der Waals surface area contributed by atoms with Gasteiger partial charge in [-0.3, -0.25) is 0 Å². The molecule has 0 heterocycles. The molecule has 0 bridgehead atoms. The maximum atomic E-state index is 11.8. The van der Waals surface area contributed by atoms with Crippen LogP contribution in [0, 0.1) is 0 Å². The van der Waals surface area contributed by atoms with Crippen molar-refractivity contribution in [2.24, 2.45) is 0 Å². The number of methoxy groups -OCH3 is 3. The van der Waals surface area contributed by atoms with E-state index in [1.54, 1.807) is 24.3 Å². The summed E-state index contributed by atoms with van der Waals surface area (Å²) >= 11 is 3.38. The van der Waals surface area contributed by atoms with Gasteiger partial charge in [0.2, 0.25) is 0 Å². The Morgan fingerprint density at radius 1 is 1.04 bits per heavy atom. The molecule has 132 valence electrons. The Labute approximate surface area is 153 Å². The molecule has 0 saturated heterocycles. The highest BCUT2D eigenvalue weighted by Gasteiger charge is 2.19. The third-order valence-corrected chi connectivity index (χ3v) is 4.32. The van der Waals surface area contributed by atoms with Crippen LogP contribution < -0.4 is 14.2 Å². The highest BCUT2D eigenvalue weighted by molar-refractivity contribution is 9.10. The van der Waals surface area contributed by atoms with Crippen LogP contribution in [0.25, 0.3) is 11.6 Å². The summed E-state index contributed by atoms with van der Waals surface area (Å²) in [5, 5.41) is 19.3. The molecule has 7 heteroatoms. The van der Waals surface area contributed by atoms with Crippen molar-refractivity contribution in [3.05, 3.63) is 45.9 Å². The van der Waals surface area contributed by atoms with E-state index in [4.69, 9.17) is 14.2 Å². The van der Waals surface area contributed by atoms with Gasteiger partial charge in [0.15, 0.2) is 11.5 Å². The number of carboxylic acids is 1. The number of hydrogen-bond acceptors (Lipinski definition) is 5. The lowest BCUT2D eigenvalue weighted by Gasteiger charge is -2.13. The van der Waals surface area contributed by atoms with Crippen molar-refractivity contribution in [2.45, 2.75) is 0 Å². The Hall–Kier alpha value is -2.67. The monoisotopic (exact) mass is 408 g/mol. The molecular weight excluding hydrogens is 392 g/mol.